The highest BCUT2D eigenvalue weighted by atomic mass is 16.2. The van der Waals surface area contributed by atoms with Crippen molar-refractivity contribution in [1.29, 1.82) is 0 Å². The monoisotopic (exact) mass is 268 g/mol. The van der Waals surface area contributed by atoms with Crippen molar-refractivity contribution in [2.24, 2.45) is 17.8 Å². The highest BCUT2D eigenvalue weighted by Crippen LogP contribution is 2.54. The van der Waals surface area contributed by atoms with Crippen molar-refractivity contribution in [3.05, 3.63) is 30.6 Å². The predicted molar refractivity (Wildman–Crippen MR) is 74.8 cm³/mol. The number of carbonyl (C=O) groups excluding carboxylic acids is 1. The first-order chi connectivity index (χ1) is 9.83. The number of carbonyl (C=O) groups is 1. The van der Waals surface area contributed by atoms with Crippen molar-refractivity contribution in [3.8, 4) is 11.4 Å². The van der Waals surface area contributed by atoms with E-state index in [0.29, 0.717) is 5.92 Å². The minimum Gasteiger partial charge on any atom is -0.323 e. The summed E-state index contributed by atoms with van der Waals surface area (Å²) in [7, 11) is 0. The number of amides is 1. The van der Waals surface area contributed by atoms with E-state index in [4.69, 9.17) is 0 Å². The molecule has 20 heavy (non-hydrogen) atoms. The molecule has 0 spiro atoms. The maximum atomic E-state index is 12.2. The normalized spacial score (nSPS) is 24.4. The third-order valence-electron chi connectivity index (χ3n) is 4.22. The highest BCUT2D eigenvalue weighted by Gasteiger charge is 2.51. The summed E-state index contributed by atoms with van der Waals surface area (Å²) < 4.78 is 0. The summed E-state index contributed by atoms with van der Waals surface area (Å²) in [5, 5.41) is 9.91. The van der Waals surface area contributed by atoms with Gasteiger partial charge in [0.2, 0.25) is 5.91 Å². The first kappa shape index (κ1) is 11.6. The summed E-state index contributed by atoms with van der Waals surface area (Å²) in [5.74, 6) is 1.76. The first-order valence-corrected chi connectivity index (χ1v) is 7.08. The average Bonchev–Trinajstić information content (AvgIpc) is 3.36. The lowest BCUT2D eigenvalue weighted by Crippen LogP contribution is -2.15. The molecule has 2 heterocycles. The number of anilines is 1. The van der Waals surface area contributed by atoms with Crippen LogP contribution < -0.4 is 5.32 Å². The van der Waals surface area contributed by atoms with E-state index in [1.54, 1.807) is 12.4 Å². The summed E-state index contributed by atoms with van der Waals surface area (Å²) in [4.78, 5) is 16.5. The van der Waals surface area contributed by atoms with Gasteiger partial charge in [-0.1, -0.05) is 6.07 Å². The van der Waals surface area contributed by atoms with E-state index in [9.17, 15) is 4.79 Å². The second-order valence-electron chi connectivity index (χ2n) is 5.71. The molecule has 0 bridgehead atoms. The Bertz CT molecular complexity index is 632. The van der Waals surface area contributed by atoms with Crippen LogP contribution in [0.4, 0.5) is 5.69 Å². The maximum absolute atomic E-state index is 12.2. The number of aromatic nitrogens is 3. The van der Waals surface area contributed by atoms with Crippen LogP contribution >= 0.6 is 0 Å². The van der Waals surface area contributed by atoms with E-state index in [1.807, 2.05) is 18.2 Å². The molecule has 5 nitrogen and oxygen atoms in total. The van der Waals surface area contributed by atoms with E-state index in [1.165, 1.54) is 12.8 Å². The topological polar surface area (TPSA) is 70.7 Å². The number of hydrogen-bond donors (Lipinski definition) is 2. The van der Waals surface area contributed by atoms with Crippen LogP contribution in [-0.2, 0) is 4.79 Å². The van der Waals surface area contributed by atoms with Crippen LogP contribution in [0.1, 0.15) is 19.3 Å². The smallest absolute Gasteiger partial charge is 0.227 e. The van der Waals surface area contributed by atoms with E-state index in [-0.39, 0.29) is 11.8 Å². The lowest BCUT2D eigenvalue weighted by molar-refractivity contribution is -0.117. The number of rotatable bonds is 4. The van der Waals surface area contributed by atoms with Gasteiger partial charge in [0.15, 0.2) is 0 Å². The van der Waals surface area contributed by atoms with Gasteiger partial charge in [-0.2, -0.15) is 5.10 Å². The number of nitrogens with zero attached hydrogens (tertiary/aromatic N) is 2. The lowest BCUT2D eigenvalue weighted by atomic mass is 10.2. The number of H-pyrrole nitrogens is 1. The fourth-order valence-corrected chi connectivity index (χ4v) is 2.87. The zero-order valence-electron chi connectivity index (χ0n) is 11.0. The largest absolute Gasteiger partial charge is 0.323 e. The van der Waals surface area contributed by atoms with Gasteiger partial charge in [-0.3, -0.25) is 14.9 Å². The van der Waals surface area contributed by atoms with Crippen LogP contribution in [0, 0.1) is 17.8 Å². The van der Waals surface area contributed by atoms with Crippen molar-refractivity contribution in [2.45, 2.75) is 19.3 Å². The van der Waals surface area contributed by atoms with Gasteiger partial charge in [0.25, 0.3) is 0 Å². The quantitative estimate of drug-likeness (QED) is 0.894. The van der Waals surface area contributed by atoms with Crippen LogP contribution in [0.5, 0.6) is 0 Å². The van der Waals surface area contributed by atoms with E-state index in [0.717, 1.165) is 29.4 Å². The highest BCUT2D eigenvalue weighted by molar-refractivity contribution is 5.97. The van der Waals surface area contributed by atoms with Gasteiger partial charge >= 0.3 is 0 Å². The summed E-state index contributed by atoms with van der Waals surface area (Å²) in [5.41, 5.74) is 2.27. The minimum atomic E-state index is 0.125. The van der Waals surface area contributed by atoms with E-state index >= 15 is 0 Å². The van der Waals surface area contributed by atoms with Gasteiger partial charge < -0.3 is 5.32 Å². The molecule has 2 saturated carbocycles. The number of aromatic amines is 1. The van der Waals surface area contributed by atoms with Crippen molar-refractivity contribution < 1.29 is 4.79 Å². The zero-order valence-corrected chi connectivity index (χ0v) is 11.0. The Balaban J connectivity index is 1.49. The zero-order chi connectivity index (χ0) is 13.5. The molecule has 2 aromatic heterocycles. The molecule has 4 rings (SSSR count). The predicted octanol–water partition coefficient (Wildman–Crippen LogP) is 2.46. The van der Waals surface area contributed by atoms with Crippen LogP contribution in [0.25, 0.3) is 11.4 Å². The first-order valence-electron chi connectivity index (χ1n) is 7.08. The van der Waals surface area contributed by atoms with Crippen LogP contribution in [0.15, 0.2) is 30.6 Å². The standard InChI is InChI=1S/C15H16N4O/c20-15(11-7-10(11)9-4-5-9)18-13-8-17-19-14(13)12-3-1-2-6-16-12/h1-3,6,8-11H,4-5,7H2,(H,17,19)(H,18,20). The number of nitrogens with one attached hydrogen (secondary N) is 2. The van der Waals surface area contributed by atoms with Crippen molar-refractivity contribution >= 4 is 11.6 Å². The molecule has 2 aliphatic rings. The second-order valence-corrected chi connectivity index (χ2v) is 5.71. The summed E-state index contributed by atoms with van der Waals surface area (Å²) >= 11 is 0. The molecule has 2 atom stereocenters. The fourth-order valence-electron chi connectivity index (χ4n) is 2.87. The Morgan fingerprint density at radius 1 is 1.35 bits per heavy atom. The molecule has 2 unspecified atom stereocenters. The molecule has 2 N–H and O–H groups in total. The summed E-state index contributed by atoms with van der Waals surface area (Å²) in [6.45, 7) is 0. The molecule has 2 aliphatic carbocycles. The maximum Gasteiger partial charge on any atom is 0.227 e. The molecule has 0 aliphatic heterocycles. The summed E-state index contributed by atoms with van der Waals surface area (Å²) in [6.07, 6.45) is 7.04. The van der Waals surface area contributed by atoms with Crippen LogP contribution in [0.2, 0.25) is 0 Å². The molecule has 0 radical (unpaired) electrons. The Kier molecular flexibility index (Phi) is 2.58. The van der Waals surface area contributed by atoms with Crippen molar-refractivity contribution in [2.75, 3.05) is 5.32 Å². The SMILES string of the molecule is O=C(Nc1cn[nH]c1-c1ccccn1)C1CC1C1CC1. The molecule has 1 amide bonds. The third-order valence-corrected chi connectivity index (χ3v) is 4.22. The third kappa shape index (κ3) is 2.09. The van der Waals surface area contributed by atoms with Crippen molar-refractivity contribution in [1.82, 2.24) is 15.2 Å². The van der Waals surface area contributed by atoms with Crippen LogP contribution in [0.3, 0.4) is 0 Å². The Morgan fingerprint density at radius 3 is 3.00 bits per heavy atom. The van der Waals surface area contributed by atoms with Gasteiger partial charge in [-0.05, 0) is 43.2 Å². The molecule has 2 fully saturated rings. The lowest BCUT2D eigenvalue weighted by Gasteiger charge is -2.05. The summed E-state index contributed by atoms with van der Waals surface area (Å²) in [6, 6.07) is 5.68. The Morgan fingerprint density at radius 2 is 2.25 bits per heavy atom. The molecule has 102 valence electrons. The van der Waals surface area contributed by atoms with Crippen LogP contribution in [-0.4, -0.2) is 21.1 Å². The number of pyridine rings is 1. The minimum absolute atomic E-state index is 0.125. The van der Waals surface area contributed by atoms with Gasteiger partial charge in [0.05, 0.1) is 17.6 Å². The average molecular weight is 268 g/mol. The Hall–Kier alpha value is -2.17. The van der Waals surface area contributed by atoms with Gasteiger partial charge in [-0.25, -0.2) is 0 Å². The van der Waals surface area contributed by atoms with Gasteiger partial charge in [0.1, 0.15) is 5.69 Å². The molecular formula is C15H16N4O. The molecular weight excluding hydrogens is 252 g/mol. The van der Waals surface area contributed by atoms with Gasteiger partial charge in [0, 0.05) is 12.1 Å². The molecule has 5 heteroatoms. The van der Waals surface area contributed by atoms with E-state index < -0.39 is 0 Å². The fraction of sp³-hybridized carbons (Fsp3) is 0.400. The Labute approximate surface area is 116 Å². The van der Waals surface area contributed by atoms with E-state index in [2.05, 4.69) is 20.5 Å². The second kappa shape index (κ2) is 4.44. The van der Waals surface area contributed by atoms with Crippen molar-refractivity contribution in [3.63, 3.8) is 0 Å². The molecule has 0 saturated heterocycles. The number of hydrogen-bond acceptors (Lipinski definition) is 3. The van der Waals surface area contributed by atoms with Gasteiger partial charge in [-0.15, -0.1) is 0 Å². The molecule has 2 aromatic rings. The molecule has 0 aromatic carbocycles.